The normalized spacial score (nSPS) is 11.9. The number of carboxylic acids is 1. The van der Waals surface area contributed by atoms with Crippen LogP contribution in [0.25, 0.3) is 0 Å². The van der Waals surface area contributed by atoms with Crippen LogP contribution in [0.5, 0.6) is 0 Å². The number of carbonyl (C=O) groups excluding carboxylic acids is 1. The van der Waals surface area contributed by atoms with Crippen molar-refractivity contribution in [1.29, 1.82) is 0 Å². The van der Waals surface area contributed by atoms with Crippen LogP contribution in [-0.4, -0.2) is 36.7 Å². The summed E-state index contributed by atoms with van der Waals surface area (Å²) < 4.78 is 5.48. The van der Waals surface area contributed by atoms with Gasteiger partial charge in [0.15, 0.2) is 0 Å². The van der Waals surface area contributed by atoms with Gasteiger partial charge in [-0.1, -0.05) is 37.3 Å². The largest absolute Gasteiger partial charge is 0.481 e. The molecule has 1 rings (SSSR count). The first kappa shape index (κ1) is 17.2. The Kier molecular flexibility index (Phi) is 8.12. The zero-order valence-electron chi connectivity index (χ0n) is 12.4. The third-order valence-electron chi connectivity index (χ3n) is 3.10. The Balaban J connectivity index is 1.98. The molecular formula is C16H23NO4. The van der Waals surface area contributed by atoms with Crippen LogP contribution in [0.1, 0.15) is 25.3 Å². The summed E-state index contributed by atoms with van der Waals surface area (Å²) in [6.45, 7) is 2.91. The number of hydrogen-bond donors (Lipinski definition) is 2. The van der Waals surface area contributed by atoms with Crippen molar-refractivity contribution in [3.63, 3.8) is 0 Å². The lowest BCUT2D eigenvalue weighted by molar-refractivity contribution is -0.141. The van der Waals surface area contributed by atoms with E-state index in [9.17, 15) is 9.59 Å². The second-order valence-electron chi connectivity index (χ2n) is 4.99. The lowest BCUT2D eigenvalue weighted by Gasteiger charge is -2.08. The molecule has 0 saturated heterocycles. The Morgan fingerprint density at radius 1 is 1.24 bits per heavy atom. The highest BCUT2D eigenvalue weighted by Gasteiger charge is 2.11. The topological polar surface area (TPSA) is 75.6 Å². The van der Waals surface area contributed by atoms with Crippen molar-refractivity contribution in [3.8, 4) is 0 Å². The number of benzene rings is 1. The predicted octanol–water partition coefficient (Wildman–Crippen LogP) is 1.86. The minimum Gasteiger partial charge on any atom is -0.481 e. The van der Waals surface area contributed by atoms with Crippen molar-refractivity contribution in [3.05, 3.63) is 35.9 Å². The Morgan fingerprint density at radius 2 is 1.95 bits per heavy atom. The van der Waals surface area contributed by atoms with Gasteiger partial charge in [-0.05, 0) is 18.4 Å². The summed E-state index contributed by atoms with van der Waals surface area (Å²) in [5, 5.41) is 11.3. The highest BCUT2D eigenvalue weighted by Crippen LogP contribution is 2.00. The summed E-state index contributed by atoms with van der Waals surface area (Å²) in [5.74, 6) is -1.59. The fourth-order valence-electron chi connectivity index (χ4n) is 1.71. The molecule has 0 heterocycles. The number of aliphatic carboxylic acids is 1. The highest BCUT2D eigenvalue weighted by molar-refractivity contribution is 5.77. The first-order valence-corrected chi connectivity index (χ1v) is 7.20. The van der Waals surface area contributed by atoms with E-state index in [4.69, 9.17) is 9.84 Å². The van der Waals surface area contributed by atoms with E-state index >= 15 is 0 Å². The molecule has 1 aromatic carbocycles. The van der Waals surface area contributed by atoms with Crippen molar-refractivity contribution in [2.24, 2.45) is 5.92 Å². The molecule has 1 aromatic rings. The second-order valence-corrected chi connectivity index (χ2v) is 4.99. The lowest BCUT2D eigenvalue weighted by Crippen LogP contribution is -2.31. The molecule has 0 bridgehead atoms. The number of carboxylic acid groups (broad SMARTS) is 1. The molecule has 5 heteroatoms. The molecule has 21 heavy (non-hydrogen) atoms. The summed E-state index contributed by atoms with van der Waals surface area (Å²) in [6, 6.07) is 10.1. The number of ether oxygens (including phenoxy) is 1. The number of amides is 1. The predicted molar refractivity (Wildman–Crippen MR) is 80.0 cm³/mol. The minimum absolute atomic E-state index is 0.130. The molecule has 1 unspecified atom stereocenters. The molecule has 1 atom stereocenters. The van der Waals surface area contributed by atoms with E-state index < -0.39 is 11.9 Å². The molecule has 0 spiro atoms. The van der Waals surface area contributed by atoms with Gasteiger partial charge in [-0.15, -0.1) is 0 Å². The van der Waals surface area contributed by atoms with E-state index in [0.717, 1.165) is 6.42 Å². The number of rotatable bonds is 10. The minimum atomic E-state index is -0.903. The first-order chi connectivity index (χ1) is 10.1. The van der Waals surface area contributed by atoms with Gasteiger partial charge in [0.1, 0.15) is 0 Å². The smallest absolute Gasteiger partial charge is 0.308 e. The molecule has 0 fully saturated rings. The van der Waals surface area contributed by atoms with Crippen LogP contribution >= 0.6 is 0 Å². The van der Waals surface area contributed by atoms with Gasteiger partial charge >= 0.3 is 5.97 Å². The molecule has 116 valence electrons. The van der Waals surface area contributed by atoms with Gasteiger partial charge in [0.2, 0.25) is 5.91 Å². The summed E-state index contributed by atoms with van der Waals surface area (Å²) in [6.07, 6.45) is 1.86. The molecule has 1 amide bonds. The van der Waals surface area contributed by atoms with Crippen LogP contribution in [0.15, 0.2) is 30.3 Å². The third kappa shape index (κ3) is 8.09. The average molecular weight is 293 g/mol. The van der Waals surface area contributed by atoms with Crippen LogP contribution in [0, 0.1) is 5.92 Å². The van der Waals surface area contributed by atoms with Crippen molar-refractivity contribution < 1.29 is 19.4 Å². The van der Waals surface area contributed by atoms with Crippen molar-refractivity contribution in [2.45, 2.75) is 26.2 Å². The van der Waals surface area contributed by atoms with Crippen LogP contribution in [0.2, 0.25) is 0 Å². The van der Waals surface area contributed by atoms with Crippen molar-refractivity contribution in [2.75, 3.05) is 19.8 Å². The van der Waals surface area contributed by atoms with Gasteiger partial charge in [-0.2, -0.15) is 0 Å². The Labute approximate surface area is 125 Å². The van der Waals surface area contributed by atoms with E-state index in [1.165, 1.54) is 5.56 Å². The quantitative estimate of drug-likeness (QED) is 0.646. The summed E-state index contributed by atoms with van der Waals surface area (Å²) in [4.78, 5) is 22.1. The van der Waals surface area contributed by atoms with Gasteiger partial charge in [0.05, 0.1) is 12.5 Å². The summed E-state index contributed by atoms with van der Waals surface area (Å²) in [5.41, 5.74) is 1.23. The Hall–Kier alpha value is -1.88. The monoisotopic (exact) mass is 293 g/mol. The zero-order chi connectivity index (χ0) is 15.5. The van der Waals surface area contributed by atoms with E-state index in [1.54, 1.807) is 6.92 Å². The fourth-order valence-corrected chi connectivity index (χ4v) is 1.71. The van der Waals surface area contributed by atoms with E-state index in [2.05, 4.69) is 17.4 Å². The third-order valence-corrected chi connectivity index (χ3v) is 3.10. The number of hydrogen-bond acceptors (Lipinski definition) is 3. The van der Waals surface area contributed by atoms with Gasteiger partial charge in [-0.3, -0.25) is 9.59 Å². The maximum atomic E-state index is 11.5. The van der Waals surface area contributed by atoms with Crippen LogP contribution in [0.4, 0.5) is 0 Å². The lowest BCUT2D eigenvalue weighted by atomic mass is 10.2. The average Bonchev–Trinajstić information content (AvgIpc) is 2.49. The SMILES string of the molecule is CC(CNC(=O)CCCOCCc1ccccc1)C(=O)O. The molecule has 0 aromatic heterocycles. The Bertz CT molecular complexity index is 433. The standard InChI is InChI=1S/C16H23NO4/c1-13(16(19)20)12-17-15(18)8-5-10-21-11-9-14-6-3-2-4-7-14/h2-4,6-7,13H,5,8-12H2,1H3,(H,17,18)(H,19,20). The summed E-state index contributed by atoms with van der Waals surface area (Å²) >= 11 is 0. The molecule has 0 aliphatic carbocycles. The molecular weight excluding hydrogens is 270 g/mol. The van der Waals surface area contributed by atoms with Crippen molar-refractivity contribution in [1.82, 2.24) is 5.32 Å². The molecule has 0 radical (unpaired) electrons. The molecule has 0 aliphatic heterocycles. The van der Waals surface area contributed by atoms with Gasteiger partial charge in [0.25, 0.3) is 0 Å². The van der Waals surface area contributed by atoms with Crippen LogP contribution in [0.3, 0.4) is 0 Å². The van der Waals surface area contributed by atoms with E-state index in [1.807, 2.05) is 18.2 Å². The summed E-state index contributed by atoms with van der Waals surface area (Å²) in [7, 11) is 0. The van der Waals surface area contributed by atoms with Gasteiger partial charge in [0, 0.05) is 19.6 Å². The zero-order valence-corrected chi connectivity index (χ0v) is 12.4. The molecule has 5 nitrogen and oxygen atoms in total. The van der Waals surface area contributed by atoms with Crippen LogP contribution in [-0.2, 0) is 20.7 Å². The Morgan fingerprint density at radius 3 is 2.62 bits per heavy atom. The van der Waals surface area contributed by atoms with Crippen molar-refractivity contribution >= 4 is 11.9 Å². The van der Waals surface area contributed by atoms with E-state index in [-0.39, 0.29) is 12.5 Å². The number of nitrogens with one attached hydrogen (secondary N) is 1. The molecule has 0 aliphatic rings. The second kappa shape index (κ2) is 9.94. The molecule has 0 saturated carbocycles. The highest BCUT2D eigenvalue weighted by atomic mass is 16.5. The van der Waals surface area contributed by atoms with Crippen LogP contribution < -0.4 is 5.32 Å². The first-order valence-electron chi connectivity index (χ1n) is 7.20. The van der Waals surface area contributed by atoms with Gasteiger partial charge < -0.3 is 15.2 Å². The maximum absolute atomic E-state index is 11.5. The van der Waals surface area contributed by atoms with Gasteiger partial charge in [-0.25, -0.2) is 0 Å². The fraction of sp³-hybridized carbons (Fsp3) is 0.500. The molecule has 2 N–H and O–H groups in total. The van der Waals surface area contributed by atoms with E-state index in [0.29, 0.717) is 26.1 Å². The maximum Gasteiger partial charge on any atom is 0.308 e. The number of carbonyl (C=O) groups is 2.